The van der Waals surface area contributed by atoms with Gasteiger partial charge in [-0.3, -0.25) is 9.98 Å². The minimum absolute atomic E-state index is 0.0150. The highest BCUT2D eigenvalue weighted by atomic mass is 14.9. The lowest BCUT2D eigenvalue weighted by atomic mass is 9.91. The molecule has 0 aromatic carbocycles. The molecule has 0 heterocycles. The van der Waals surface area contributed by atoms with Crippen molar-refractivity contribution in [3.63, 3.8) is 0 Å². The van der Waals surface area contributed by atoms with Crippen LogP contribution in [0, 0.1) is 21.7 Å². The Hall–Kier alpha value is -1.39. The normalized spacial score (nSPS) is 13.1. The zero-order valence-corrected chi connectivity index (χ0v) is 23.5. The number of nitrogens with two attached hydrogens (primary N) is 2. The molecule has 0 radical (unpaired) electrons. The van der Waals surface area contributed by atoms with Crippen LogP contribution in [0.1, 0.15) is 117 Å². The molecule has 0 atom stereocenters. The van der Waals surface area contributed by atoms with Crippen LogP contribution in [0.4, 0.5) is 0 Å². The molecule has 5 heteroatoms. The van der Waals surface area contributed by atoms with Gasteiger partial charge in [-0.2, -0.15) is 0 Å². The summed E-state index contributed by atoms with van der Waals surface area (Å²) in [4.78, 5) is 8.19. The van der Waals surface area contributed by atoms with Crippen molar-refractivity contribution in [1.29, 1.82) is 5.41 Å². The van der Waals surface area contributed by atoms with Gasteiger partial charge in [0.05, 0.1) is 17.2 Å². The number of amidine groups is 2. The van der Waals surface area contributed by atoms with Gasteiger partial charge in [-0.25, -0.2) is 0 Å². The average molecular weight is 428 g/mol. The second kappa shape index (κ2) is 15.4. The molecule has 30 heavy (non-hydrogen) atoms. The first kappa shape index (κ1) is 36.0. The number of rotatable bonds is 1. The van der Waals surface area contributed by atoms with Crippen molar-refractivity contribution < 1.29 is 0 Å². The highest BCUT2D eigenvalue weighted by Gasteiger charge is 2.11. The fourth-order valence-corrected chi connectivity index (χ4v) is 0.891. The summed E-state index contributed by atoms with van der Waals surface area (Å²) in [7, 11) is 0. The molecule has 0 fully saturated rings. The van der Waals surface area contributed by atoms with Crippen LogP contribution in [0.2, 0.25) is 0 Å². The van der Waals surface area contributed by atoms with Crippen LogP contribution in [0.25, 0.3) is 0 Å². The molecule has 0 rings (SSSR count). The molecule has 5 nitrogen and oxygen atoms in total. The number of hydrogen-bond donors (Lipinski definition) is 3. The van der Waals surface area contributed by atoms with Crippen LogP contribution in [-0.4, -0.2) is 29.5 Å². The zero-order chi connectivity index (χ0) is 25.6. The van der Waals surface area contributed by atoms with Gasteiger partial charge in [0, 0.05) is 12.3 Å². The number of hydrogen-bond acceptors (Lipinski definition) is 3. The fraction of sp³-hybridized carbons (Fsp3) is 0.880. The molecular formula is C25H57N5. The Kier molecular flexibility index (Phi) is 18.5. The molecule has 0 aromatic heterocycles. The Morgan fingerprint density at radius 2 is 1.00 bits per heavy atom. The molecule has 0 bridgehead atoms. The predicted octanol–water partition coefficient (Wildman–Crippen LogP) is 7.09. The maximum absolute atomic E-state index is 7.15. The van der Waals surface area contributed by atoms with E-state index in [0.717, 1.165) is 12.3 Å². The van der Waals surface area contributed by atoms with Crippen LogP contribution in [0.5, 0.6) is 0 Å². The summed E-state index contributed by atoms with van der Waals surface area (Å²) in [6, 6.07) is 0. The molecule has 0 aliphatic heterocycles. The molecule has 182 valence electrons. The molecule has 0 amide bonds. The largest absolute Gasteiger partial charge is 0.388 e. The lowest BCUT2D eigenvalue weighted by Gasteiger charge is -2.14. The van der Waals surface area contributed by atoms with Crippen LogP contribution in [0.3, 0.4) is 0 Å². The van der Waals surface area contributed by atoms with Crippen LogP contribution >= 0.6 is 0 Å². The van der Waals surface area contributed by atoms with E-state index < -0.39 is 0 Å². The summed E-state index contributed by atoms with van der Waals surface area (Å²) >= 11 is 0. The summed E-state index contributed by atoms with van der Waals surface area (Å²) < 4.78 is 0. The monoisotopic (exact) mass is 427 g/mol. The van der Waals surface area contributed by atoms with Crippen molar-refractivity contribution in [3.8, 4) is 0 Å². The SMILES string of the molecule is CC(=N)C(C)(C)C.CC(N)=NC(C)(C)C.CC(N)=NCC(C)(C)C.CCC(C)(C)C. The summed E-state index contributed by atoms with van der Waals surface area (Å²) in [6.07, 6.45) is 1.27. The van der Waals surface area contributed by atoms with E-state index in [2.05, 4.69) is 58.5 Å². The highest BCUT2D eigenvalue weighted by Crippen LogP contribution is 2.16. The van der Waals surface area contributed by atoms with Crippen LogP contribution in [-0.2, 0) is 0 Å². The maximum atomic E-state index is 7.15. The molecule has 0 aliphatic carbocycles. The quantitative estimate of drug-likeness (QED) is 0.307. The standard InChI is InChI=1S/C7H16N2.C6H14N2.C6H13N.C6H14/c1-6(8)9-5-7(2,3)4;1-5(7)8-6(2,3)4;1-5(7)6(2,3)4;1-5-6(2,3)4/h5H2,1-4H3,(H2,8,9);1-4H3,(H2,7,8);7H,1-4H3;5H2,1-4H3. The topological polar surface area (TPSA) is 101 Å². The molecule has 0 aromatic rings. The lowest BCUT2D eigenvalue weighted by Crippen LogP contribution is -2.17. The van der Waals surface area contributed by atoms with Gasteiger partial charge in [0.2, 0.25) is 0 Å². The smallest absolute Gasteiger partial charge is 0.0912 e. The Labute approximate surface area is 190 Å². The zero-order valence-electron chi connectivity index (χ0n) is 23.5. The average Bonchev–Trinajstić information content (AvgIpc) is 2.42. The van der Waals surface area contributed by atoms with Gasteiger partial charge in [-0.05, 0) is 57.8 Å². The molecule has 0 aliphatic rings. The Balaban J connectivity index is -0.000000152. The van der Waals surface area contributed by atoms with Gasteiger partial charge in [-0.15, -0.1) is 0 Å². The fourth-order valence-electron chi connectivity index (χ4n) is 0.891. The predicted molar refractivity (Wildman–Crippen MR) is 141 cm³/mol. The minimum atomic E-state index is -0.0150. The van der Waals surface area contributed by atoms with E-state index in [1.54, 1.807) is 6.92 Å². The van der Waals surface area contributed by atoms with E-state index in [9.17, 15) is 0 Å². The van der Waals surface area contributed by atoms with Gasteiger partial charge in [-0.1, -0.05) is 75.7 Å². The molecule has 5 N–H and O–H groups in total. The van der Waals surface area contributed by atoms with Crippen molar-refractivity contribution in [3.05, 3.63) is 0 Å². The third-order valence-corrected chi connectivity index (χ3v) is 3.50. The first-order valence-corrected chi connectivity index (χ1v) is 11.0. The van der Waals surface area contributed by atoms with Crippen LogP contribution in [0.15, 0.2) is 9.98 Å². The van der Waals surface area contributed by atoms with Crippen LogP contribution < -0.4 is 11.5 Å². The van der Waals surface area contributed by atoms with E-state index in [4.69, 9.17) is 16.9 Å². The van der Waals surface area contributed by atoms with Crippen molar-refractivity contribution in [2.75, 3.05) is 6.54 Å². The van der Waals surface area contributed by atoms with Crippen molar-refractivity contribution in [1.82, 2.24) is 0 Å². The van der Waals surface area contributed by atoms with Crippen molar-refractivity contribution >= 4 is 17.4 Å². The van der Waals surface area contributed by atoms with Crippen molar-refractivity contribution in [2.24, 2.45) is 37.7 Å². The van der Waals surface area contributed by atoms with Gasteiger partial charge < -0.3 is 16.9 Å². The van der Waals surface area contributed by atoms with Gasteiger partial charge in [0.1, 0.15) is 0 Å². The molecule has 0 unspecified atom stereocenters. The maximum Gasteiger partial charge on any atom is 0.0912 e. The van der Waals surface area contributed by atoms with E-state index in [-0.39, 0.29) is 16.4 Å². The third-order valence-electron chi connectivity index (χ3n) is 3.50. The van der Waals surface area contributed by atoms with E-state index >= 15 is 0 Å². The number of nitrogens with one attached hydrogen (secondary N) is 1. The first-order chi connectivity index (χ1) is 12.8. The Morgan fingerprint density at radius 1 is 0.700 bits per heavy atom. The molecular weight excluding hydrogens is 370 g/mol. The van der Waals surface area contributed by atoms with Gasteiger partial charge >= 0.3 is 0 Å². The Bertz CT molecular complexity index is 494. The second-order valence-corrected chi connectivity index (χ2v) is 12.2. The number of aliphatic imine (C=N–C) groups is 2. The lowest BCUT2D eigenvalue weighted by molar-refractivity contribution is 0.398. The first-order valence-electron chi connectivity index (χ1n) is 11.0. The molecule has 0 saturated carbocycles. The minimum Gasteiger partial charge on any atom is -0.388 e. The van der Waals surface area contributed by atoms with E-state index in [0.29, 0.717) is 17.1 Å². The number of nitrogens with zero attached hydrogens (tertiary/aromatic N) is 2. The van der Waals surface area contributed by atoms with Crippen molar-refractivity contribution in [2.45, 2.75) is 123 Å². The highest BCUT2D eigenvalue weighted by molar-refractivity contribution is 5.83. The van der Waals surface area contributed by atoms with Gasteiger partial charge in [0.15, 0.2) is 0 Å². The summed E-state index contributed by atoms with van der Waals surface area (Å²) in [5, 5.41) is 7.15. The van der Waals surface area contributed by atoms with Gasteiger partial charge in [0.25, 0.3) is 0 Å². The molecule has 0 saturated heterocycles. The Morgan fingerprint density at radius 3 is 1.03 bits per heavy atom. The summed E-state index contributed by atoms with van der Waals surface area (Å²) in [5.41, 5.74) is 12.3. The summed E-state index contributed by atoms with van der Waals surface area (Å²) in [5.74, 6) is 1.32. The second-order valence-electron chi connectivity index (χ2n) is 12.2. The molecule has 0 spiro atoms. The summed E-state index contributed by atoms with van der Waals surface area (Å²) in [6.45, 7) is 33.8. The van der Waals surface area contributed by atoms with E-state index in [1.165, 1.54) is 6.42 Å². The van der Waals surface area contributed by atoms with E-state index in [1.807, 2.05) is 55.4 Å². The third kappa shape index (κ3) is 50.4.